The number of ether oxygens (including phenoxy) is 1. The fourth-order valence-corrected chi connectivity index (χ4v) is 5.08. The SMILES string of the molecule is COc1ccc(CCNC(=O)N2CCCC2CS(=O)(=O)c2ccccc2)cc1. The van der Waals surface area contributed by atoms with Crippen LogP contribution in [-0.2, 0) is 16.3 Å². The minimum absolute atomic E-state index is 0.0388. The molecule has 0 saturated carbocycles. The Morgan fingerprint density at radius 3 is 2.54 bits per heavy atom. The number of amides is 2. The number of nitrogens with one attached hydrogen (secondary N) is 1. The molecular weight excluding hydrogens is 376 g/mol. The molecule has 1 heterocycles. The number of likely N-dealkylation sites (tertiary alicyclic amines) is 1. The normalized spacial score (nSPS) is 16.8. The van der Waals surface area contributed by atoms with E-state index in [1.165, 1.54) is 0 Å². The Morgan fingerprint density at radius 1 is 1.14 bits per heavy atom. The van der Waals surface area contributed by atoms with Gasteiger partial charge in [-0.1, -0.05) is 30.3 Å². The number of benzene rings is 2. The van der Waals surface area contributed by atoms with Crippen molar-refractivity contribution in [2.75, 3.05) is 26.0 Å². The topological polar surface area (TPSA) is 75.7 Å². The van der Waals surface area contributed by atoms with E-state index in [4.69, 9.17) is 4.74 Å². The lowest BCUT2D eigenvalue weighted by molar-refractivity contribution is 0.196. The Morgan fingerprint density at radius 2 is 1.86 bits per heavy atom. The summed E-state index contributed by atoms with van der Waals surface area (Å²) < 4.78 is 30.4. The van der Waals surface area contributed by atoms with Crippen LogP contribution in [0.15, 0.2) is 59.5 Å². The number of nitrogens with zero attached hydrogens (tertiary/aromatic N) is 1. The molecular formula is C21H26N2O4S. The minimum Gasteiger partial charge on any atom is -0.497 e. The van der Waals surface area contributed by atoms with E-state index in [0.29, 0.717) is 30.8 Å². The Bertz CT molecular complexity index is 882. The number of sulfone groups is 1. The van der Waals surface area contributed by atoms with Gasteiger partial charge < -0.3 is 15.0 Å². The molecule has 2 aromatic rings. The van der Waals surface area contributed by atoms with Crippen LogP contribution in [0.3, 0.4) is 0 Å². The smallest absolute Gasteiger partial charge is 0.317 e. The van der Waals surface area contributed by atoms with Crippen molar-refractivity contribution >= 4 is 15.9 Å². The predicted molar refractivity (Wildman–Crippen MR) is 108 cm³/mol. The number of hydrogen-bond acceptors (Lipinski definition) is 4. The Balaban J connectivity index is 1.54. The first-order valence-electron chi connectivity index (χ1n) is 9.45. The van der Waals surface area contributed by atoms with Crippen LogP contribution in [0.2, 0.25) is 0 Å². The van der Waals surface area contributed by atoms with E-state index in [9.17, 15) is 13.2 Å². The molecule has 1 N–H and O–H groups in total. The van der Waals surface area contributed by atoms with Gasteiger partial charge in [-0.15, -0.1) is 0 Å². The van der Waals surface area contributed by atoms with Crippen LogP contribution in [0.1, 0.15) is 18.4 Å². The minimum atomic E-state index is -3.41. The summed E-state index contributed by atoms with van der Waals surface area (Å²) in [5.41, 5.74) is 1.10. The van der Waals surface area contributed by atoms with Gasteiger partial charge in [0.25, 0.3) is 0 Å². The van der Waals surface area contributed by atoms with E-state index in [0.717, 1.165) is 17.7 Å². The molecule has 2 aromatic carbocycles. The van der Waals surface area contributed by atoms with E-state index in [1.54, 1.807) is 42.3 Å². The van der Waals surface area contributed by atoms with Gasteiger partial charge in [-0.25, -0.2) is 13.2 Å². The molecule has 1 atom stereocenters. The van der Waals surface area contributed by atoms with Crippen LogP contribution in [0.5, 0.6) is 5.75 Å². The van der Waals surface area contributed by atoms with Gasteiger partial charge in [0.1, 0.15) is 5.75 Å². The van der Waals surface area contributed by atoms with Crippen molar-refractivity contribution in [1.82, 2.24) is 10.2 Å². The van der Waals surface area contributed by atoms with Crippen LogP contribution >= 0.6 is 0 Å². The third-order valence-electron chi connectivity index (χ3n) is 5.00. The summed E-state index contributed by atoms with van der Waals surface area (Å²) >= 11 is 0. The van der Waals surface area contributed by atoms with Crippen molar-refractivity contribution in [1.29, 1.82) is 0 Å². The van der Waals surface area contributed by atoms with Gasteiger partial charge in [-0.05, 0) is 49.1 Å². The highest BCUT2D eigenvalue weighted by Crippen LogP contribution is 2.22. The van der Waals surface area contributed by atoms with E-state index in [-0.39, 0.29) is 17.8 Å². The zero-order chi connectivity index (χ0) is 20.0. The van der Waals surface area contributed by atoms with Crippen molar-refractivity contribution in [3.8, 4) is 5.75 Å². The molecule has 6 nitrogen and oxygen atoms in total. The number of rotatable bonds is 7. The van der Waals surface area contributed by atoms with E-state index >= 15 is 0 Å². The second kappa shape index (κ2) is 9.10. The summed E-state index contributed by atoms with van der Waals surface area (Å²) in [7, 11) is -1.79. The zero-order valence-corrected chi connectivity index (χ0v) is 16.8. The maximum Gasteiger partial charge on any atom is 0.317 e. The summed E-state index contributed by atoms with van der Waals surface area (Å²) in [6, 6.07) is 15.7. The molecule has 150 valence electrons. The van der Waals surface area contributed by atoms with Crippen LogP contribution in [-0.4, -0.2) is 51.3 Å². The maximum absolute atomic E-state index is 12.6. The van der Waals surface area contributed by atoms with Gasteiger partial charge in [-0.2, -0.15) is 0 Å². The summed E-state index contributed by atoms with van der Waals surface area (Å²) in [5.74, 6) is 0.760. The summed E-state index contributed by atoms with van der Waals surface area (Å²) in [6.07, 6.45) is 2.23. The number of methoxy groups -OCH3 is 1. The molecule has 0 aliphatic carbocycles. The Kier molecular flexibility index (Phi) is 6.57. The monoisotopic (exact) mass is 402 g/mol. The number of carbonyl (C=O) groups is 1. The maximum atomic E-state index is 12.6. The van der Waals surface area contributed by atoms with Gasteiger partial charge >= 0.3 is 6.03 Å². The van der Waals surface area contributed by atoms with E-state index in [1.807, 2.05) is 24.3 Å². The van der Waals surface area contributed by atoms with Crippen molar-refractivity contribution < 1.29 is 17.9 Å². The van der Waals surface area contributed by atoms with E-state index < -0.39 is 9.84 Å². The standard InChI is InChI=1S/C21H26N2O4S/c1-27-19-11-9-17(10-12-19)13-14-22-21(24)23-15-5-6-18(23)16-28(25,26)20-7-3-2-4-8-20/h2-4,7-12,18H,5-6,13-16H2,1H3,(H,22,24). The number of hydrogen-bond donors (Lipinski definition) is 1. The lowest BCUT2D eigenvalue weighted by atomic mass is 10.1. The molecule has 28 heavy (non-hydrogen) atoms. The zero-order valence-electron chi connectivity index (χ0n) is 16.0. The number of carbonyl (C=O) groups excluding carboxylic acids is 1. The molecule has 7 heteroatoms. The molecule has 1 aliphatic heterocycles. The summed E-state index contributed by atoms with van der Waals surface area (Å²) in [6.45, 7) is 1.09. The third-order valence-corrected chi connectivity index (χ3v) is 6.82. The van der Waals surface area contributed by atoms with E-state index in [2.05, 4.69) is 5.32 Å². The highest BCUT2D eigenvalue weighted by atomic mass is 32.2. The quantitative estimate of drug-likeness (QED) is 0.773. The molecule has 1 aliphatic rings. The second-order valence-electron chi connectivity index (χ2n) is 6.91. The van der Waals surface area contributed by atoms with Crippen LogP contribution in [0.25, 0.3) is 0 Å². The average molecular weight is 403 g/mol. The van der Waals surface area contributed by atoms with Gasteiger partial charge in [0, 0.05) is 19.1 Å². The molecule has 0 spiro atoms. The van der Waals surface area contributed by atoms with Crippen LogP contribution < -0.4 is 10.1 Å². The van der Waals surface area contributed by atoms with Crippen molar-refractivity contribution in [2.45, 2.75) is 30.2 Å². The summed E-state index contributed by atoms with van der Waals surface area (Å²) in [5, 5.41) is 2.92. The molecule has 3 rings (SSSR count). The number of urea groups is 1. The van der Waals surface area contributed by atoms with Gasteiger partial charge in [-0.3, -0.25) is 0 Å². The highest BCUT2D eigenvalue weighted by molar-refractivity contribution is 7.91. The summed E-state index contributed by atoms with van der Waals surface area (Å²) in [4.78, 5) is 14.5. The molecule has 2 amide bonds. The van der Waals surface area contributed by atoms with Gasteiger partial charge in [0.15, 0.2) is 9.84 Å². The lowest BCUT2D eigenvalue weighted by Gasteiger charge is -2.25. The first-order chi connectivity index (χ1) is 13.5. The Labute approximate surface area is 166 Å². The predicted octanol–water partition coefficient (Wildman–Crippen LogP) is 2.89. The largest absolute Gasteiger partial charge is 0.497 e. The average Bonchev–Trinajstić information content (AvgIpc) is 3.16. The first-order valence-corrected chi connectivity index (χ1v) is 11.1. The second-order valence-corrected chi connectivity index (χ2v) is 8.95. The van der Waals surface area contributed by atoms with Crippen LogP contribution in [0.4, 0.5) is 4.79 Å². The molecule has 0 radical (unpaired) electrons. The van der Waals surface area contributed by atoms with Crippen molar-refractivity contribution in [2.24, 2.45) is 0 Å². The molecule has 1 fully saturated rings. The Hall–Kier alpha value is -2.54. The highest BCUT2D eigenvalue weighted by Gasteiger charge is 2.32. The van der Waals surface area contributed by atoms with Crippen LogP contribution in [0, 0.1) is 0 Å². The first kappa shape index (κ1) is 20.2. The fourth-order valence-electron chi connectivity index (χ4n) is 3.46. The lowest BCUT2D eigenvalue weighted by Crippen LogP contribution is -2.45. The molecule has 1 saturated heterocycles. The van der Waals surface area contributed by atoms with Crippen molar-refractivity contribution in [3.05, 3.63) is 60.2 Å². The van der Waals surface area contributed by atoms with Crippen molar-refractivity contribution in [3.63, 3.8) is 0 Å². The molecule has 0 bridgehead atoms. The third kappa shape index (κ3) is 5.04. The fraction of sp³-hybridized carbons (Fsp3) is 0.381. The molecule has 0 aromatic heterocycles. The van der Waals surface area contributed by atoms with Gasteiger partial charge in [0.2, 0.25) is 0 Å². The molecule has 1 unspecified atom stereocenters. The van der Waals surface area contributed by atoms with Gasteiger partial charge in [0.05, 0.1) is 17.8 Å².